The van der Waals surface area contributed by atoms with Crippen LogP contribution < -0.4 is 11.1 Å². The minimum absolute atomic E-state index is 0.00422. The number of nitrogens with one attached hydrogen (secondary N) is 2. The third-order valence-corrected chi connectivity index (χ3v) is 4.29. The van der Waals surface area contributed by atoms with E-state index in [9.17, 15) is 14.0 Å². The second kappa shape index (κ2) is 8.18. The molecule has 29 heavy (non-hydrogen) atoms. The summed E-state index contributed by atoms with van der Waals surface area (Å²) >= 11 is 0. The molecule has 0 atom stereocenters. The summed E-state index contributed by atoms with van der Waals surface area (Å²) in [5.41, 5.74) is 4.57. The van der Waals surface area contributed by atoms with E-state index in [2.05, 4.69) is 41.3 Å². The van der Waals surface area contributed by atoms with E-state index in [4.69, 9.17) is 0 Å². The number of hydrogen-bond acceptors (Lipinski definition) is 4. The maximum atomic E-state index is 13.1. The molecule has 0 saturated heterocycles. The van der Waals surface area contributed by atoms with Crippen molar-refractivity contribution in [2.45, 2.75) is 26.2 Å². The lowest BCUT2D eigenvalue weighted by molar-refractivity contribution is 0.0949. The summed E-state index contributed by atoms with van der Waals surface area (Å²) in [5.74, 6) is -0.989. The Kier molecular flexibility index (Phi) is 5.68. The number of halogens is 1. The van der Waals surface area contributed by atoms with Crippen LogP contribution in [0.3, 0.4) is 0 Å². The molecule has 3 rings (SSSR count). The van der Waals surface area contributed by atoms with Crippen LogP contribution in [0, 0.1) is 5.82 Å². The molecule has 148 valence electrons. The van der Waals surface area contributed by atoms with Crippen LogP contribution in [0.2, 0.25) is 0 Å². The van der Waals surface area contributed by atoms with Gasteiger partial charge < -0.3 is 4.98 Å². The SMILES string of the molecule is CC(C)(C)c1ccc(/C=N/NC(=O)c2cc(-c3ccc(F)cc3)nc(=O)[nH]2)cc1. The van der Waals surface area contributed by atoms with Gasteiger partial charge in [-0.2, -0.15) is 10.1 Å². The van der Waals surface area contributed by atoms with Crippen molar-refractivity contribution in [3.05, 3.63) is 87.7 Å². The molecule has 1 aromatic heterocycles. The number of carbonyl (C=O) groups is 1. The standard InChI is InChI=1S/C22H21FN4O2/c1-22(2,3)16-8-4-14(5-9-16)13-24-27-20(28)19-12-18(25-21(29)26-19)15-6-10-17(23)11-7-15/h4-13H,1-3H3,(H,27,28)(H,25,26,29)/b24-13+. The van der Waals surface area contributed by atoms with Crippen LogP contribution in [0.5, 0.6) is 0 Å². The highest BCUT2D eigenvalue weighted by molar-refractivity contribution is 5.93. The van der Waals surface area contributed by atoms with Crippen molar-refractivity contribution in [3.63, 3.8) is 0 Å². The van der Waals surface area contributed by atoms with Crippen molar-refractivity contribution in [1.29, 1.82) is 0 Å². The number of nitrogens with zero attached hydrogens (tertiary/aromatic N) is 2. The molecule has 0 bridgehead atoms. The van der Waals surface area contributed by atoms with E-state index in [1.54, 1.807) is 0 Å². The third-order valence-electron chi connectivity index (χ3n) is 4.29. The highest BCUT2D eigenvalue weighted by Crippen LogP contribution is 2.21. The molecule has 0 spiro atoms. The molecule has 2 aromatic carbocycles. The van der Waals surface area contributed by atoms with Crippen LogP contribution in [0.4, 0.5) is 4.39 Å². The molecule has 0 aliphatic carbocycles. The van der Waals surface area contributed by atoms with Gasteiger partial charge >= 0.3 is 5.69 Å². The van der Waals surface area contributed by atoms with Gasteiger partial charge in [-0.1, -0.05) is 45.0 Å². The van der Waals surface area contributed by atoms with Crippen LogP contribution in [0.15, 0.2) is 64.5 Å². The zero-order chi connectivity index (χ0) is 21.0. The average molecular weight is 392 g/mol. The topological polar surface area (TPSA) is 87.2 Å². The fraction of sp³-hybridized carbons (Fsp3) is 0.182. The number of aromatic amines is 1. The smallest absolute Gasteiger partial charge is 0.301 e. The van der Waals surface area contributed by atoms with E-state index in [0.717, 1.165) is 5.56 Å². The Hall–Kier alpha value is -3.61. The first kappa shape index (κ1) is 20.1. The molecule has 0 unspecified atom stereocenters. The van der Waals surface area contributed by atoms with Gasteiger partial charge in [0.25, 0.3) is 5.91 Å². The van der Waals surface area contributed by atoms with E-state index in [-0.39, 0.29) is 16.8 Å². The maximum Gasteiger partial charge on any atom is 0.346 e. The van der Waals surface area contributed by atoms with Crippen molar-refractivity contribution >= 4 is 12.1 Å². The van der Waals surface area contributed by atoms with Crippen molar-refractivity contribution in [2.24, 2.45) is 5.10 Å². The molecule has 0 aliphatic heterocycles. The minimum Gasteiger partial charge on any atom is -0.301 e. The Morgan fingerprint density at radius 1 is 1.10 bits per heavy atom. The van der Waals surface area contributed by atoms with Gasteiger partial charge in [0.05, 0.1) is 11.9 Å². The lowest BCUT2D eigenvalue weighted by Gasteiger charge is -2.18. The largest absolute Gasteiger partial charge is 0.346 e. The van der Waals surface area contributed by atoms with Gasteiger partial charge in [0.1, 0.15) is 11.5 Å². The fourth-order valence-electron chi connectivity index (χ4n) is 2.64. The van der Waals surface area contributed by atoms with E-state index < -0.39 is 17.4 Å². The summed E-state index contributed by atoms with van der Waals surface area (Å²) in [6, 6.07) is 14.7. The minimum atomic E-state index is -0.682. The summed E-state index contributed by atoms with van der Waals surface area (Å²) < 4.78 is 13.1. The Bertz CT molecular complexity index is 1100. The van der Waals surface area contributed by atoms with Crippen molar-refractivity contribution in [3.8, 4) is 11.3 Å². The molecule has 1 heterocycles. The number of hydrazone groups is 1. The molecule has 0 fully saturated rings. The average Bonchev–Trinajstić information content (AvgIpc) is 2.67. The van der Waals surface area contributed by atoms with Crippen LogP contribution in [0.25, 0.3) is 11.3 Å². The summed E-state index contributed by atoms with van der Waals surface area (Å²) in [7, 11) is 0. The number of benzene rings is 2. The highest BCUT2D eigenvalue weighted by atomic mass is 19.1. The van der Waals surface area contributed by atoms with E-state index in [0.29, 0.717) is 5.56 Å². The molecule has 2 N–H and O–H groups in total. The summed E-state index contributed by atoms with van der Waals surface area (Å²) in [5, 5.41) is 3.94. The normalized spacial score (nSPS) is 11.6. The van der Waals surface area contributed by atoms with Gasteiger partial charge in [-0.05, 0) is 46.9 Å². The van der Waals surface area contributed by atoms with Crippen LogP contribution in [-0.2, 0) is 5.41 Å². The second-order valence-corrected chi connectivity index (χ2v) is 7.56. The van der Waals surface area contributed by atoms with Crippen LogP contribution in [-0.4, -0.2) is 22.1 Å². The quantitative estimate of drug-likeness (QED) is 0.525. The monoisotopic (exact) mass is 392 g/mol. The van der Waals surface area contributed by atoms with Crippen molar-refractivity contribution < 1.29 is 9.18 Å². The Labute approximate surface area is 167 Å². The Morgan fingerprint density at radius 3 is 2.38 bits per heavy atom. The highest BCUT2D eigenvalue weighted by Gasteiger charge is 2.13. The fourth-order valence-corrected chi connectivity index (χ4v) is 2.64. The van der Waals surface area contributed by atoms with E-state index in [1.165, 1.54) is 42.1 Å². The molecule has 1 amide bonds. The molecule has 0 aliphatic rings. The number of H-pyrrole nitrogens is 1. The number of hydrogen-bond donors (Lipinski definition) is 2. The predicted octanol–water partition coefficient (Wildman–Crippen LogP) is 3.64. The van der Waals surface area contributed by atoms with Gasteiger partial charge in [0.2, 0.25) is 0 Å². The van der Waals surface area contributed by atoms with Crippen LogP contribution >= 0.6 is 0 Å². The van der Waals surface area contributed by atoms with E-state index >= 15 is 0 Å². The molecule has 7 heteroatoms. The molecular weight excluding hydrogens is 371 g/mol. The molecule has 0 radical (unpaired) electrons. The van der Waals surface area contributed by atoms with Crippen LogP contribution in [0.1, 0.15) is 42.4 Å². The summed E-state index contributed by atoms with van der Waals surface area (Å²) in [4.78, 5) is 30.3. The van der Waals surface area contributed by atoms with Gasteiger partial charge in [-0.3, -0.25) is 4.79 Å². The number of aromatic nitrogens is 2. The first-order valence-electron chi connectivity index (χ1n) is 9.04. The van der Waals surface area contributed by atoms with Gasteiger partial charge in [0.15, 0.2) is 0 Å². The zero-order valence-corrected chi connectivity index (χ0v) is 16.4. The lowest BCUT2D eigenvalue weighted by atomic mass is 9.87. The summed E-state index contributed by atoms with van der Waals surface area (Å²) in [6.45, 7) is 6.39. The zero-order valence-electron chi connectivity index (χ0n) is 16.4. The first-order valence-corrected chi connectivity index (χ1v) is 9.04. The van der Waals surface area contributed by atoms with Gasteiger partial charge in [0, 0.05) is 5.56 Å². The van der Waals surface area contributed by atoms with E-state index in [1.807, 2.05) is 24.3 Å². The number of amides is 1. The van der Waals surface area contributed by atoms with Gasteiger partial charge in [-0.25, -0.2) is 14.6 Å². The van der Waals surface area contributed by atoms with Gasteiger partial charge in [-0.15, -0.1) is 0 Å². The molecule has 3 aromatic rings. The van der Waals surface area contributed by atoms with Crippen molar-refractivity contribution in [2.75, 3.05) is 0 Å². The lowest BCUT2D eigenvalue weighted by Crippen LogP contribution is -2.24. The number of carbonyl (C=O) groups excluding carboxylic acids is 1. The Balaban J connectivity index is 1.73. The predicted molar refractivity (Wildman–Crippen MR) is 110 cm³/mol. The molecule has 6 nitrogen and oxygen atoms in total. The third kappa shape index (κ3) is 5.22. The summed E-state index contributed by atoms with van der Waals surface area (Å²) in [6.07, 6.45) is 1.52. The van der Waals surface area contributed by atoms with Crippen molar-refractivity contribution in [1.82, 2.24) is 15.4 Å². The first-order chi connectivity index (χ1) is 13.7. The molecule has 0 saturated carbocycles. The Morgan fingerprint density at radius 2 is 1.76 bits per heavy atom. The second-order valence-electron chi connectivity index (χ2n) is 7.56. The molecular formula is C22H21FN4O2. The maximum absolute atomic E-state index is 13.1. The number of rotatable bonds is 4.